The zero-order chi connectivity index (χ0) is 19.4. The Balaban J connectivity index is 1.69. The Bertz CT molecular complexity index is 863. The molecule has 2 heterocycles. The van der Waals surface area contributed by atoms with E-state index in [1.807, 2.05) is 54.8 Å². The Hall–Kier alpha value is -2.39. The van der Waals surface area contributed by atoms with Crippen LogP contribution in [0.15, 0.2) is 24.3 Å². The maximum atomic E-state index is 11.9. The predicted octanol–water partition coefficient (Wildman–Crippen LogP) is 1.88. The fourth-order valence-corrected chi connectivity index (χ4v) is 3.06. The average molecular weight is 391 g/mol. The molecule has 0 aliphatic carbocycles. The van der Waals surface area contributed by atoms with Crippen molar-refractivity contribution in [2.24, 2.45) is 7.05 Å². The lowest BCUT2D eigenvalue weighted by Crippen LogP contribution is -2.36. The first kappa shape index (κ1) is 19.4. The van der Waals surface area contributed by atoms with Gasteiger partial charge in [0.1, 0.15) is 6.61 Å². The SMILES string of the molecule is CCCNC(=O)CN(C)Cn1nc(C2COc3ccccc3O2)n(C)c1=S. The zero-order valence-corrected chi connectivity index (χ0v) is 16.7. The van der Waals surface area contributed by atoms with Crippen molar-refractivity contribution in [1.29, 1.82) is 0 Å². The number of aromatic nitrogens is 3. The highest BCUT2D eigenvalue weighted by Gasteiger charge is 2.27. The van der Waals surface area contributed by atoms with Gasteiger partial charge in [-0.15, -0.1) is 0 Å². The molecule has 3 rings (SSSR count). The van der Waals surface area contributed by atoms with Crippen LogP contribution in [0.2, 0.25) is 0 Å². The van der Waals surface area contributed by atoms with E-state index in [2.05, 4.69) is 10.4 Å². The summed E-state index contributed by atoms with van der Waals surface area (Å²) < 4.78 is 15.9. The number of nitrogens with zero attached hydrogens (tertiary/aromatic N) is 4. The average Bonchev–Trinajstić information content (AvgIpc) is 2.94. The van der Waals surface area contributed by atoms with Crippen LogP contribution in [0.5, 0.6) is 11.5 Å². The first-order valence-electron chi connectivity index (χ1n) is 8.97. The maximum absolute atomic E-state index is 11.9. The van der Waals surface area contributed by atoms with Gasteiger partial charge in [-0.25, -0.2) is 4.68 Å². The summed E-state index contributed by atoms with van der Waals surface area (Å²) in [5, 5.41) is 7.48. The van der Waals surface area contributed by atoms with Gasteiger partial charge in [-0.2, -0.15) is 5.10 Å². The lowest BCUT2D eigenvalue weighted by atomic mass is 10.2. The van der Waals surface area contributed by atoms with E-state index in [0.29, 0.717) is 36.2 Å². The fourth-order valence-electron chi connectivity index (χ4n) is 2.87. The van der Waals surface area contributed by atoms with Crippen LogP contribution in [0.3, 0.4) is 0 Å². The van der Waals surface area contributed by atoms with Gasteiger partial charge in [0.2, 0.25) is 5.91 Å². The van der Waals surface area contributed by atoms with Crippen LogP contribution in [-0.4, -0.2) is 51.9 Å². The van der Waals surface area contributed by atoms with Crippen molar-refractivity contribution in [3.8, 4) is 11.5 Å². The number of ether oxygens (including phenoxy) is 2. The lowest BCUT2D eigenvalue weighted by molar-refractivity contribution is -0.122. The van der Waals surface area contributed by atoms with Gasteiger partial charge in [0.05, 0.1) is 13.2 Å². The molecule has 27 heavy (non-hydrogen) atoms. The van der Waals surface area contributed by atoms with Gasteiger partial charge < -0.3 is 19.4 Å². The molecule has 0 spiro atoms. The summed E-state index contributed by atoms with van der Waals surface area (Å²) in [6, 6.07) is 7.56. The van der Waals surface area contributed by atoms with Crippen molar-refractivity contribution in [2.45, 2.75) is 26.1 Å². The molecule has 1 aromatic carbocycles. The molecule has 1 atom stereocenters. The van der Waals surface area contributed by atoms with Gasteiger partial charge in [-0.05, 0) is 37.8 Å². The number of carbonyl (C=O) groups is 1. The second-order valence-electron chi connectivity index (χ2n) is 6.57. The van der Waals surface area contributed by atoms with E-state index in [1.165, 1.54) is 0 Å². The molecule has 1 N–H and O–H groups in total. The Morgan fingerprint density at radius 2 is 2.15 bits per heavy atom. The van der Waals surface area contributed by atoms with Crippen molar-refractivity contribution < 1.29 is 14.3 Å². The van der Waals surface area contributed by atoms with E-state index >= 15 is 0 Å². The molecule has 0 fully saturated rings. The van der Waals surface area contributed by atoms with Crippen LogP contribution in [0, 0.1) is 4.77 Å². The van der Waals surface area contributed by atoms with E-state index in [-0.39, 0.29) is 18.6 Å². The molecular formula is C18H25N5O3S. The molecule has 9 heteroatoms. The minimum atomic E-state index is -0.342. The Kier molecular flexibility index (Phi) is 6.12. The molecular weight excluding hydrogens is 366 g/mol. The maximum Gasteiger partial charge on any atom is 0.234 e. The summed E-state index contributed by atoms with van der Waals surface area (Å²) in [6.07, 6.45) is 0.572. The summed E-state index contributed by atoms with van der Waals surface area (Å²) in [5.41, 5.74) is 0. The second-order valence-corrected chi connectivity index (χ2v) is 6.93. The Labute approximate surface area is 163 Å². The first-order valence-corrected chi connectivity index (χ1v) is 9.38. The third-order valence-electron chi connectivity index (χ3n) is 4.23. The molecule has 0 saturated carbocycles. The third kappa shape index (κ3) is 4.48. The summed E-state index contributed by atoms with van der Waals surface area (Å²) in [5.74, 6) is 2.10. The van der Waals surface area contributed by atoms with Crippen molar-refractivity contribution in [3.63, 3.8) is 0 Å². The van der Waals surface area contributed by atoms with Gasteiger partial charge >= 0.3 is 0 Å². The van der Waals surface area contributed by atoms with Crippen LogP contribution in [0.4, 0.5) is 0 Å². The molecule has 1 aromatic heterocycles. The van der Waals surface area contributed by atoms with Crippen LogP contribution >= 0.6 is 12.2 Å². The number of nitrogens with one attached hydrogen (secondary N) is 1. The van der Waals surface area contributed by atoms with Crippen molar-refractivity contribution >= 4 is 18.1 Å². The van der Waals surface area contributed by atoms with Gasteiger partial charge in [-0.3, -0.25) is 9.69 Å². The number of hydrogen-bond acceptors (Lipinski definition) is 6. The quantitative estimate of drug-likeness (QED) is 0.727. The van der Waals surface area contributed by atoms with E-state index in [1.54, 1.807) is 4.68 Å². The number of benzene rings is 1. The van der Waals surface area contributed by atoms with Gasteiger partial charge in [-0.1, -0.05) is 19.1 Å². The van der Waals surface area contributed by atoms with Gasteiger partial charge in [0.15, 0.2) is 28.2 Å². The number of hydrogen-bond donors (Lipinski definition) is 1. The standard InChI is InChI=1S/C18H25N5O3S/c1-4-9-19-16(24)10-21(2)12-23-18(27)22(3)17(20-23)15-11-25-13-7-5-6-8-14(13)26-15/h5-8,15H,4,9-12H2,1-3H3,(H,19,24). The van der Waals surface area contributed by atoms with Crippen LogP contribution in [0.25, 0.3) is 0 Å². The molecule has 0 saturated heterocycles. The Morgan fingerprint density at radius 1 is 1.41 bits per heavy atom. The summed E-state index contributed by atoms with van der Waals surface area (Å²) in [4.78, 5) is 13.7. The smallest absolute Gasteiger partial charge is 0.234 e. The number of rotatable bonds is 7. The number of para-hydroxylation sites is 2. The molecule has 8 nitrogen and oxygen atoms in total. The lowest BCUT2D eigenvalue weighted by Gasteiger charge is -2.25. The van der Waals surface area contributed by atoms with E-state index < -0.39 is 0 Å². The number of fused-ring (bicyclic) bond motifs is 1. The highest BCUT2D eigenvalue weighted by atomic mass is 32.1. The van der Waals surface area contributed by atoms with Crippen molar-refractivity contribution in [3.05, 3.63) is 34.9 Å². The molecule has 146 valence electrons. The molecule has 1 aliphatic heterocycles. The van der Waals surface area contributed by atoms with E-state index in [0.717, 1.165) is 12.2 Å². The monoisotopic (exact) mass is 391 g/mol. The number of carbonyl (C=O) groups excluding carboxylic acids is 1. The number of likely N-dealkylation sites (N-methyl/N-ethyl adjacent to an activating group) is 1. The normalized spacial score (nSPS) is 15.8. The minimum Gasteiger partial charge on any atom is -0.485 e. The summed E-state index contributed by atoms with van der Waals surface area (Å²) >= 11 is 5.50. The molecule has 2 aromatic rings. The highest BCUT2D eigenvalue weighted by Crippen LogP contribution is 2.35. The summed E-state index contributed by atoms with van der Waals surface area (Å²) in [6.45, 7) is 3.76. The van der Waals surface area contributed by atoms with Crippen LogP contribution in [-0.2, 0) is 18.5 Å². The minimum absolute atomic E-state index is 0.0114. The van der Waals surface area contributed by atoms with Gasteiger partial charge in [0, 0.05) is 13.6 Å². The first-order chi connectivity index (χ1) is 13.0. The Morgan fingerprint density at radius 3 is 2.89 bits per heavy atom. The largest absolute Gasteiger partial charge is 0.485 e. The third-order valence-corrected chi connectivity index (χ3v) is 4.72. The van der Waals surface area contributed by atoms with Gasteiger partial charge in [0.25, 0.3) is 0 Å². The summed E-state index contributed by atoms with van der Waals surface area (Å²) in [7, 11) is 3.72. The molecule has 0 radical (unpaired) electrons. The van der Waals surface area contributed by atoms with E-state index in [4.69, 9.17) is 21.7 Å². The topological polar surface area (TPSA) is 73.6 Å². The second kappa shape index (κ2) is 8.53. The molecule has 1 amide bonds. The molecule has 0 bridgehead atoms. The van der Waals surface area contributed by atoms with Crippen LogP contribution in [0.1, 0.15) is 25.3 Å². The van der Waals surface area contributed by atoms with Crippen molar-refractivity contribution in [2.75, 3.05) is 26.7 Å². The van der Waals surface area contributed by atoms with Crippen LogP contribution < -0.4 is 14.8 Å². The zero-order valence-electron chi connectivity index (χ0n) is 15.8. The van der Waals surface area contributed by atoms with E-state index in [9.17, 15) is 4.79 Å². The number of amides is 1. The molecule has 1 unspecified atom stereocenters. The van der Waals surface area contributed by atoms with Crippen molar-refractivity contribution in [1.82, 2.24) is 24.6 Å². The highest BCUT2D eigenvalue weighted by molar-refractivity contribution is 7.71. The molecule has 1 aliphatic rings. The fraction of sp³-hybridized carbons (Fsp3) is 0.500. The predicted molar refractivity (Wildman–Crippen MR) is 103 cm³/mol.